The molecular formula is C26H34N4O4. The Kier molecular flexibility index (Phi) is 8.03. The maximum Gasteiger partial charge on any atom is 0.313 e. The number of anilines is 2. The molecule has 0 aliphatic carbocycles. The molecule has 2 aromatic carbocycles. The van der Waals surface area contributed by atoms with Crippen molar-refractivity contribution in [2.24, 2.45) is 0 Å². The summed E-state index contributed by atoms with van der Waals surface area (Å²) < 4.78 is 11.1. The summed E-state index contributed by atoms with van der Waals surface area (Å²) in [5.74, 6) is -0.835. The van der Waals surface area contributed by atoms with Crippen LogP contribution in [0.25, 0.3) is 0 Å². The predicted octanol–water partition coefficient (Wildman–Crippen LogP) is 2.60. The number of carbonyl (C=O) groups excluding carboxylic acids is 2. The maximum atomic E-state index is 12.7. The first-order valence-electron chi connectivity index (χ1n) is 12.0. The van der Waals surface area contributed by atoms with Crippen molar-refractivity contribution in [3.05, 3.63) is 53.6 Å². The third-order valence-corrected chi connectivity index (χ3v) is 6.42. The average Bonchev–Trinajstić information content (AvgIpc) is 2.86. The first kappa shape index (κ1) is 24.0. The van der Waals surface area contributed by atoms with Crippen LogP contribution in [0.5, 0.6) is 5.75 Å². The van der Waals surface area contributed by atoms with Gasteiger partial charge in [-0.2, -0.15) is 0 Å². The molecule has 0 aromatic heterocycles. The minimum Gasteiger partial charge on any atom is -0.492 e. The lowest BCUT2D eigenvalue weighted by atomic mass is 9.95. The van der Waals surface area contributed by atoms with Gasteiger partial charge in [-0.3, -0.25) is 14.5 Å². The van der Waals surface area contributed by atoms with E-state index in [0.717, 1.165) is 38.0 Å². The van der Waals surface area contributed by atoms with E-state index in [-0.39, 0.29) is 6.04 Å². The molecule has 2 aliphatic heterocycles. The van der Waals surface area contributed by atoms with Crippen molar-refractivity contribution in [2.45, 2.75) is 25.8 Å². The Labute approximate surface area is 201 Å². The van der Waals surface area contributed by atoms with E-state index >= 15 is 0 Å². The van der Waals surface area contributed by atoms with Crippen LogP contribution in [-0.4, -0.2) is 69.8 Å². The molecule has 1 atom stereocenters. The SMILES string of the molecule is CCOc1ccccc1NC(=O)C(=O)NCC(c1ccc2c(c1)CCCN2C)N1CCOCC1. The predicted molar refractivity (Wildman–Crippen MR) is 132 cm³/mol. The maximum absolute atomic E-state index is 12.7. The molecule has 1 saturated heterocycles. The number of benzene rings is 2. The highest BCUT2D eigenvalue weighted by Crippen LogP contribution is 2.31. The minimum absolute atomic E-state index is 0.0334. The van der Waals surface area contributed by atoms with Crippen LogP contribution in [0.2, 0.25) is 0 Å². The Morgan fingerprint density at radius 1 is 1.09 bits per heavy atom. The zero-order chi connectivity index (χ0) is 23.9. The summed E-state index contributed by atoms with van der Waals surface area (Å²) in [6.07, 6.45) is 2.19. The standard InChI is InChI=1S/C26H34N4O4/c1-3-34-24-9-5-4-8-21(24)28-26(32)25(31)27-18-23(30-13-15-33-16-14-30)20-10-11-22-19(17-20)7-6-12-29(22)2/h4-5,8-11,17,23H,3,6-7,12-16,18H2,1-2H3,(H,27,31)(H,28,32). The van der Waals surface area contributed by atoms with Gasteiger partial charge in [0, 0.05) is 38.9 Å². The number of rotatable bonds is 7. The number of hydrogen-bond acceptors (Lipinski definition) is 6. The van der Waals surface area contributed by atoms with E-state index in [2.05, 4.69) is 45.7 Å². The van der Waals surface area contributed by atoms with Gasteiger partial charge in [-0.05, 0) is 49.1 Å². The van der Waals surface area contributed by atoms with Gasteiger partial charge in [-0.1, -0.05) is 24.3 Å². The fourth-order valence-electron chi connectivity index (χ4n) is 4.66. The topological polar surface area (TPSA) is 83.1 Å². The van der Waals surface area contributed by atoms with Crippen molar-refractivity contribution in [1.82, 2.24) is 10.2 Å². The highest BCUT2D eigenvalue weighted by molar-refractivity contribution is 6.39. The monoisotopic (exact) mass is 466 g/mol. The number of nitrogens with one attached hydrogen (secondary N) is 2. The summed E-state index contributed by atoms with van der Waals surface area (Å²) >= 11 is 0. The van der Waals surface area contributed by atoms with E-state index in [1.54, 1.807) is 18.2 Å². The summed E-state index contributed by atoms with van der Waals surface area (Å²) in [7, 11) is 2.12. The van der Waals surface area contributed by atoms with Gasteiger partial charge < -0.3 is 25.0 Å². The zero-order valence-electron chi connectivity index (χ0n) is 20.0. The first-order chi connectivity index (χ1) is 16.6. The molecule has 0 bridgehead atoms. The number of fused-ring (bicyclic) bond motifs is 1. The molecule has 2 heterocycles. The van der Waals surface area contributed by atoms with E-state index in [1.165, 1.54) is 11.3 Å². The molecule has 4 rings (SSSR count). The largest absolute Gasteiger partial charge is 0.492 e. The second kappa shape index (κ2) is 11.4. The van der Waals surface area contributed by atoms with E-state index in [0.29, 0.717) is 37.8 Å². The van der Waals surface area contributed by atoms with Gasteiger partial charge in [0.1, 0.15) is 5.75 Å². The van der Waals surface area contributed by atoms with Gasteiger partial charge in [0.05, 0.1) is 31.5 Å². The zero-order valence-corrected chi connectivity index (χ0v) is 20.0. The molecule has 2 N–H and O–H groups in total. The van der Waals surface area contributed by atoms with Crippen molar-refractivity contribution < 1.29 is 19.1 Å². The second-order valence-electron chi connectivity index (χ2n) is 8.67. The number of aryl methyl sites for hydroxylation is 1. The van der Waals surface area contributed by atoms with Crippen molar-refractivity contribution in [2.75, 3.05) is 63.3 Å². The van der Waals surface area contributed by atoms with Crippen LogP contribution in [0.4, 0.5) is 11.4 Å². The molecular weight excluding hydrogens is 432 g/mol. The lowest BCUT2D eigenvalue weighted by Gasteiger charge is -2.36. The molecule has 0 radical (unpaired) electrons. The van der Waals surface area contributed by atoms with Gasteiger partial charge >= 0.3 is 11.8 Å². The van der Waals surface area contributed by atoms with E-state index in [9.17, 15) is 9.59 Å². The highest BCUT2D eigenvalue weighted by Gasteiger charge is 2.26. The lowest BCUT2D eigenvalue weighted by Crippen LogP contribution is -2.45. The molecule has 2 aromatic rings. The van der Waals surface area contributed by atoms with Crippen LogP contribution in [-0.2, 0) is 20.7 Å². The molecule has 182 valence electrons. The molecule has 1 fully saturated rings. The molecule has 34 heavy (non-hydrogen) atoms. The summed E-state index contributed by atoms with van der Waals surface area (Å²) in [5.41, 5.74) is 4.24. The Morgan fingerprint density at radius 3 is 2.68 bits per heavy atom. The molecule has 0 saturated carbocycles. The van der Waals surface area contributed by atoms with Gasteiger partial charge in [-0.25, -0.2) is 0 Å². The minimum atomic E-state index is -0.708. The Balaban J connectivity index is 1.46. The summed E-state index contributed by atoms with van der Waals surface area (Å²) in [6.45, 7) is 6.63. The number of amides is 2. The smallest absolute Gasteiger partial charge is 0.313 e. The molecule has 2 aliphatic rings. The normalized spacial score (nSPS) is 16.9. The summed E-state index contributed by atoms with van der Waals surface area (Å²) in [6, 6.07) is 13.6. The van der Waals surface area contributed by atoms with Crippen LogP contribution >= 0.6 is 0 Å². The second-order valence-corrected chi connectivity index (χ2v) is 8.67. The van der Waals surface area contributed by atoms with Crippen molar-refractivity contribution >= 4 is 23.2 Å². The van der Waals surface area contributed by atoms with Gasteiger partial charge in [0.25, 0.3) is 0 Å². The van der Waals surface area contributed by atoms with Crippen molar-refractivity contribution in [3.63, 3.8) is 0 Å². The molecule has 8 heteroatoms. The number of nitrogens with zero attached hydrogens (tertiary/aromatic N) is 2. The fraction of sp³-hybridized carbons (Fsp3) is 0.462. The van der Waals surface area contributed by atoms with Crippen LogP contribution in [0, 0.1) is 0 Å². The number of ether oxygens (including phenoxy) is 2. The Hall–Kier alpha value is -3.10. The van der Waals surface area contributed by atoms with Crippen molar-refractivity contribution in [3.8, 4) is 5.75 Å². The van der Waals surface area contributed by atoms with E-state index < -0.39 is 11.8 Å². The van der Waals surface area contributed by atoms with Crippen LogP contribution in [0.1, 0.15) is 30.5 Å². The number of hydrogen-bond donors (Lipinski definition) is 2. The van der Waals surface area contributed by atoms with Crippen LogP contribution in [0.3, 0.4) is 0 Å². The van der Waals surface area contributed by atoms with E-state index in [4.69, 9.17) is 9.47 Å². The van der Waals surface area contributed by atoms with Crippen molar-refractivity contribution in [1.29, 1.82) is 0 Å². The van der Waals surface area contributed by atoms with Gasteiger partial charge in [0.2, 0.25) is 0 Å². The lowest BCUT2D eigenvalue weighted by molar-refractivity contribution is -0.136. The van der Waals surface area contributed by atoms with Gasteiger partial charge in [-0.15, -0.1) is 0 Å². The summed E-state index contributed by atoms with van der Waals surface area (Å²) in [4.78, 5) is 29.9. The number of morpholine rings is 1. The fourth-order valence-corrected chi connectivity index (χ4v) is 4.66. The number of carbonyl (C=O) groups is 2. The molecule has 2 amide bonds. The molecule has 0 spiro atoms. The van der Waals surface area contributed by atoms with Crippen LogP contribution in [0.15, 0.2) is 42.5 Å². The van der Waals surface area contributed by atoms with E-state index in [1.807, 2.05) is 13.0 Å². The molecule has 1 unspecified atom stereocenters. The van der Waals surface area contributed by atoms with Gasteiger partial charge in [0.15, 0.2) is 0 Å². The van der Waals surface area contributed by atoms with Crippen LogP contribution < -0.4 is 20.3 Å². The number of para-hydroxylation sites is 2. The summed E-state index contributed by atoms with van der Waals surface area (Å²) in [5, 5.41) is 5.52. The Bertz CT molecular complexity index is 1010. The average molecular weight is 467 g/mol. The third kappa shape index (κ3) is 5.69. The first-order valence-corrected chi connectivity index (χ1v) is 12.0. The third-order valence-electron chi connectivity index (χ3n) is 6.42. The Morgan fingerprint density at radius 2 is 1.88 bits per heavy atom. The molecule has 8 nitrogen and oxygen atoms in total. The highest BCUT2D eigenvalue weighted by atomic mass is 16.5. The quantitative estimate of drug-likeness (QED) is 0.611.